The van der Waals surface area contributed by atoms with Gasteiger partial charge in [0.25, 0.3) is 11.8 Å². The second kappa shape index (κ2) is 7.71. The van der Waals surface area contributed by atoms with Crippen LogP contribution < -0.4 is 5.43 Å². The van der Waals surface area contributed by atoms with Crippen molar-refractivity contribution in [2.75, 3.05) is 18.5 Å². The van der Waals surface area contributed by atoms with Crippen LogP contribution in [-0.2, 0) is 0 Å². The number of hydrogen-bond donors (Lipinski definition) is 1. The zero-order valence-corrected chi connectivity index (χ0v) is 16.7. The minimum Gasteiger partial charge on any atom is -0.451 e. The first kappa shape index (κ1) is 18.5. The highest BCUT2D eigenvalue weighted by molar-refractivity contribution is 7.09. The van der Waals surface area contributed by atoms with Gasteiger partial charge in [-0.3, -0.25) is 15.0 Å². The molecule has 1 fully saturated rings. The molecule has 0 bridgehead atoms. The van der Waals surface area contributed by atoms with E-state index in [2.05, 4.69) is 20.6 Å². The molecule has 5 rings (SSSR count). The normalized spacial score (nSPS) is 14.9. The molecule has 1 aliphatic rings. The van der Waals surface area contributed by atoms with Crippen LogP contribution in [0.25, 0.3) is 11.0 Å². The van der Waals surface area contributed by atoms with E-state index in [1.807, 2.05) is 29.2 Å². The largest absolute Gasteiger partial charge is 0.451 e. The van der Waals surface area contributed by atoms with Gasteiger partial charge in [-0.05, 0) is 25.0 Å². The number of fused-ring (bicyclic) bond motifs is 1. The molecule has 0 aliphatic carbocycles. The Morgan fingerprint density at radius 1 is 1.13 bits per heavy atom. The Kier molecular flexibility index (Phi) is 4.75. The number of hydrogen-bond acceptors (Lipinski definition) is 7. The van der Waals surface area contributed by atoms with Crippen molar-refractivity contribution in [1.29, 1.82) is 0 Å². The summed E-state index contributed by atoms with van der Waals surface area (Å²) in [5, 5.41) is 10.9. The summed E-state index contributed by atoms with van der Waals surface area (Å²) in [6, 6.07) is 9.40. The van der Waals surface area contributed by atoms with Crippen molar-refractivity contribution in [3.8, 4) is 0 Å². The molecule has 4 aromatic rings. The molecule has 0 atom stereocenters. The molecule has 0 radical (unpaired) electrons. The van der Waals surface area contributed by atoms with Crippen molar-refractivity contribution in [2.45, 2.75) is 18.8 Å². The highest BCUT2D eigenvalue weighted by Crippen LogP contribution is 2.31. The number of carbonyl (C=O) groups is 2. The number of furan rings is 1. The number of rotatable bonds is 4. The second-order valence-corrected chi connectivity index (χ2v) is 7.99. The summed E-state index contributed by atoms with van der Waals surface area (Å²) in [6.45, 7) is 1.25. The van der Waals surface area contributed by atoms with Crippen LogP contribution in [-0.4, -0.2) is 49.7 Å². The van der Waals surface area contributed by atoms with Gasteiger partial charge in [-0.25, -0.2) is 9.66 Å². The molecule has 30 heavy (non-hydrogen) atoms. The van der Waals surface area contributed by atoms with Gasteiger partial charge < -0.3 is 9.32 Å². The lowest BCUT2D eigenvalue weighted by Crippen LogP contribution is -2.37. The number of nitrogens with zero attached hydrogens (tertiary/aromatic N) is 5. The lowest BCUT2D eigenvalue weighted by Gasteiger charge is -2.30. The van der Waals surface area contributed by atoms with E-state index in [-0.39, 0.29) is 17.7 Å². The molecule has 1 aromatic carbocycles. The fourth-order valence-corrected chi connectivity index (χ4v) is 4.56. The molecule has 2 amide bonds. The van der Waals surface area contributed by atoms with E-state index in [1.54, 1.807) is 11.4 Å². The van der Waals surface area contributed by atoms with Crippen molar-refractivity contribution in [1.82, 2.24) is 24.8 Å². The summed E-state index contributed by atoms with van der Waals surface area (Å²) < 4.78 is 7.09. The van der Waals surface area contributed by atoms with Crippen LogP contribution in [0, 0.1) is 0 Å². The van der Waals surface area contributed by atoms with Crippen molar-refractivity contribution in [2.24, 2.45) is 0 Å². The average Bonchev–Trinajstić information content (AvgIpc) is 3.53. The molecule has 0 saturated carbocycles. The monoisotopic (exact) mass is 422 g/mol. The number of nitrogens with one attached hydrogen (secondary N) is 1. The van der Waals surface area contributed by atoms with E-state index in [0.717, 1.165) is 28.8 Å². The average molecular weight is 422 g/mol. The Labute approximate surface area is 175 Å². The van der Waals surface area contributed by atoms with E-state index >= 15 is 0 Å². The maximum atomic E-state index is 12.8. The third-order valence-electron chi connectivity index (χ3n) is 5.17. The Morgan fingerprint density at radius 3 is 2.67 bits per heavy atom. The van der Waals surface area contributed by atoms with Gasteiger partial charge in [-0.2, -0.15) is 0 Å². The van der Waals surface area contributed by atoms with Gasteiger partial charge in [-0.15, -0.1) is 21.5 Å². The van der Waals surface area contributed by atoms with E-state index in [9.17, 15) is 9.59 Å². The number of amides is 2. The summed E-state index contributed by atoms with van der Waals surface area (Å²) >= 11 is 1.47. The predicted octanol–water partition coefficient (Wildman–Crippen LogP) is 2.88. The highest BCUT2D eigenvalue weighted by atomic mass is 32.1. The fourth-order valence-electron chi connectivity index (χ4n) is 3.59. The summed E-state index contributed by atoms with van der Waals surface area (Å²) in [5.41, 5.74) is 3.72. The molecule has 0 unspecified atom stereocenters. The van der Waals surface area contributed by atoms with Gasteiger partial charge >= 0.3 is 0 Å². The predicted molar refractivity (Wildman–Crippen MR) is 110 cm³/mol. The zero-order valence-electron chi connectivity index (χ0n) is 15.9. The van der Waals surface area contributed by atoms with E-state index in [0.29, 0.717) is 24.5 Å². The Balaban J connectivity index is 1.21. The molecule has 1 saturated heterocycles. The third kappa shape index (κ3) is 3.57. The number of para-hydroxylation sites is 1. The van der Waals surface area contributed by atoms with Crippen molar-refractivity contribution in [3.05, 3.63) is 64.8 Å². The molecule has 1 aliphatic heterocycles. The zero-order chi connectivity index (χ0) is 20.5. The molecule has 10 heteroatoms. The second-order valence-electron chi connectivity index (χ2n) is 7.10. The van der Waals surface area contributed by atoms with Crippen molar-refractivity contribution >= 4 is 34.1 Å². The van der Waals surface area contributed by atoms with Crippen molar-refractivity contribution < 1.29 is 14.0 Å². The van der Waals surface area contributed by atoms with E-state index in [1.165, 1.54) is 28.7 Å². The molecule has 9 nitrogen and oxygen atoms in total. The fraction of sp³-hybridized carbons (Fsp3) is 0.250. The Hall–Kier alpha value is -3.53. The van der Waals surface area contributed by atoms with Gasteiger partial charge in [-0.1, -0.05) is 18.2 Å². The number of likely N-dealkylation sites (tertiary alicyclic amines) is 1. The standard InChI is InChI=1S/C20H18N6O3S/c27-18(24-26-11-21-22-12-26)15-10-30-19(23-15)13-5-7-25(8-6-13)20(28)17-9-14-3-1-2-4-16(14)29-17/h1-4,9-13H,5-8H2,(H,24,27). The Morgan fingerprint density at radius 2 is 1.90 bits per heavy atom. The van der Waals surface area contributed by atoms with Crippen molar-refractivity contribution in [3.63, 3.8) is 0 Å². The molecule has 152 valence electrons. The first-order valence-corrected chi connectivity index (χ1v) is 10.4. The first-order valence-electron chi connectivity index (χ1n) is 9.56. The molecule has 0 spiro atoms. The van der Waals surface area contributed by atoms with Gasteiger partial charge in [0.2, 0.25) is 0 Å². The molecular weight excluding hydrogens is 404 g/mol. The van der Waals surface area contributed by atoms with E-state index in [4.69, 9.17) is 4.42 Å². The van der Waals surface area contributed by atoms with Crippen LogP contribution in [0.5, 0.6) is 0 Å². The summed E-state index contributed by atoms with van der Waals surface area (Å²) in [4.78, 5) is 31.4. The molecular formula is C20H18N6O3S. The summed E-state index contributed by atoms with van der Waals surface area (Å²) in [5.74, 6) is 0.204. The summed E-state index contributed by atoms with van der Waals surface area (Å²) in [6.07, 6.45) is 4.40. The van der Waals surface area contributed by atoms with Gasteiger partial charge in [0, 0.05) is 29.8 Å². The third-order valence-corrected chi connectivity index (χ3v) is 6.18. The number of carbonyl (C=O) groups excluding carboxylic acids is 2. The van der Waals surface area contributed by atoms with Gasteiger partial charge in [0.1, 0.15) is 23.9 Å². The van der Waals surface area contributed by atoms with E-state index < -0.39 is 0 Å². The quantitative estimate of drug-likeness (QED) is 0.542. The highest BCUT2D eigenvalue weighted by Gasteiger charge is 2.28. The minimum absolute atomic E-state index is 0.0854. The van der Waals surface area contributed by atoms with Crippen LogP contribution in [0.3, 0.4) is 0 Å². The SMILES string of the molecule is O=C(Nn1cnnc1)c1csc(C2CCN(C(=O)c3cc4ccccc4o3)CC2)n1. The number of aromatic nitrogens is 4. The van der Waals surface area contributed by atoms with Crippen LogP contribution in [0.1, 0.15) is 44.8 Å². The van der Waals surface area contributed by atoms with Crippen LogP contribution in [0.2, 0.25) is 0 Å². The van der Waals surface area contributed by atoms with Gasteiger partial charge in [0.05, 0.1) is 5.01 Å². The Bertz CT molecular complexity index is 1160. The molecule has 4 heterocycles. The first-order chi connectivity index (χ1) is 14.7. The van der Waals surface area contributed by atoms with Crippen LogP contribution in [0.4, 0.5) is 0 Å². The molecule has 1 N–H and O–H groups in total. The number of thiazole rings is 1. The number of piperidine rings is 1. The van der Waals surface area contributed by atoms with Crippen LogP contribution in [0.15, 0.2) is 52.8 Å². The van der Waals surface area contributed by atoms with Crippen LogP contribution >= 0.6 is 11.3 Å². The maximum Gasteiger partial charge on any atom is 0.289 e. The minimum atomic E-state index is -0.310. The number of benzene rings is 1. The maximum absolute atomic E-state index is 12.8. The lowest BCUT2D eigenvalue weighted by molar-refractivity contribution is 0.0683. The summed E-state index contributed by atoms with van der Waals surface area (Å²) in [7, 11) is 0. The topological polar surface area (TPSA) is 106 Å². The van der Waals surface area contributed by atoms with Gasteiger partial charge in [0.15, 0.2) is 5.76 Å². The lowest BCUT2D eigenvalue weighted by atomic mass is 9.97. The molecule has 3 aromatic heterocycles. The smallest absolute Gasteiger partial charge is 0.289 e.